The van der Waals surface area contributed by atoms with Crippen molar-refractivity contribution >= 4 is 27.5 Å². The van der Waals surface area contributed by atoms with Gasteiger partial charge < -0.3 is 15.5 Å². The Balaban J connectivity index is 1.42. The summed E-state index contributed by atoms with van der Waals surface area (Å²) in [5.41, 5.74) is 0.820. The smallest absolute Gasteiger partial charge is 0.254 e. The molecule has 12 heteroatoms. The van der Waals surface area contributed by atoms with Crippen LogP contribution in [-0.4, -0.2) is 55.5 Å². The second-order valence-electron chi connectivity index (χ2n) is 9.20. The molecule has 2 aromatic heterocycles. The van der Waals surface area contributed by atoms with Gasteiger partial charge in [-0.1, -0.05) is 0 Å². The molecule has 0 atom stereocenters. The van der Waals surface area contributed by atoms with Crippen molar-refractivity contribution in [2.24, 2.45) is 0 Å². The number of hydrogen-bond donors (Lipinski definition) is 2. The molecule has 9 nitrogen and oxygen atoms in total. The third-order valence-electron chi connectivity index (χ3n) is 6.24. The van der Waals surface area contributed by atoms with Crippen molar-refractivity contribution in [3.63, 3.8) is 0 Å². The van der Waals surface area contributed by atoms with Crippen LogP contribution in [0.5, 0.6) is 0 Å². The number of rotatable bonds is 7. The molecule has 37 heavy (non-hydrogen) atoms. The van der Waals surface area contributed by atoms with Crippen molar-refractivity contribution in [1.82, 2.24) is 20.3 Å². The number of sulfone groups is 1. The number of carbonyl (C=O) groups is 1. The average molecular weight is 531 g/mol. The van der Waals surface area contributed by atoms with Gasteiger partial charge in [-0.2, -0.15) is 4.98 Å². The molecule has 0 bridgehead atoms. The highest BCUT2D eigenvalue weighted by Crippen LogP contribution is 2.26. The number of benzene rings is 1. The minimum Gasteiger partial charge on any atom is -0.362 e. The molecule has 4 rings (SSSR count). The van der Waals surface area contributed by atoms with Crippen molar-refractivity contribution in [3.8, 4) is 0 Å². The largest absolute Gasteiger partial charge is 0.362 e. The summed E-state index contributed by atoms with van der Waals surface area (Å²) in [6.07, 6.45) is 5.85. The Bertz CT molecular complexity index is 1410. The molecule has 0 unspecified atom stereocenters. The molecular formula is C25H28F2N6O3S. The fourth-order valence-corrected chi connectivity index (χ4v) is 5.70. The van der Waals surface area contributed by atoms with Crippen LogP contribution in [0.15, 0.2) is 52.6 Å². The van der Waals surface area contributed by atoms with Gasteiger partial charge in [0.15, 0.2) is 16.7 Å². The maximum absolute atomic E-state index is 13.7. The van der Waals surface area contributed by atoms with Gasteiger partial charge in [-0.25, -0.2) is 27.2 Å². The minimum atomic E-state index is -4.36. The normalized spacial score (nSPS) is 17.8. The monoisotopic (exact) mass is 530 g/mol. The van der Waals surface area contributed by atoms with E-state index in [0.29, 0.717) is 24.9 Å². The molecule has 1 aromatic carbocycles. The number of nitrogens with one attached hydrogen (secondary N) is 2. The average Bonchev–Trinajstić information content (AvgIpc) is 2.87. The van der Waals surface area contributed by atoms with Crippen LogP contribution in [0.2, 0.25) is 0 Å². The van der Waals surface area contributed by atoms with E-state index in [0.717, 1.165) is 36.4 Å². The lowest BCUT2D eigenvalue weighted by atomic mass is 9.91. The zero-order chi connectivity index (χ0) is 26.7. The van der Waals surface area contributed by atoms with E-state index in [1.165, 1.54) is 18.3 Å². The second kappa shape index (κ2) is 10.8. The molecular weight excluding hydrogens is 502 g/mol. The number of amides is 1. The van der Waals surface area contributed by atoms with Crippen LogP contribution in [0, 0.1) is 18.6 Å². The number of aromatic nitrogens is 3. The second-order valence-corrected chi connectivity index (χ2v) is 11.1. The standard InChI is InChI=1S/C25H28F2N6O3S/c1-15-14-29-25(32-22(15)33(2)3)31-17-8-6-16(7-9-17)30-23(34)19-5-4-12-28-24(19)37(35,36)18-10-11-20(26)21(27)13-18/h4-5,10-14,16-17H,6-9H2,1-3H3,(H,30,34)(H,29,31,32)/t16-,17+. The molecule has 0 aliphatic heterocycles. The maximum atomic E-state index is 13.7. The maximum Gasteiger partial charge on any atom is 0.254 e. The van der Waals surface area contributed by atoms with Crippen molar-refractivity contribution < 1.29 is 22.0 Å². The first-order valence-corrected chi connectivity index (χ1v) is 13.3. The van der Waals surface area contributed by atoms with E-state index < -0.39 is 37.3 Å². The fourth-order valence-electron chi connectivity index (χ4n) is 4.32. The number of carbonyl (C=O) groups excluding carboxylic acids is 1. The fraction of sp³-hybridized carbons (Fsp3) is 0.360. The van der Waals surface area contributed by atoms with Gasteiger partial charge in [0, 0.05) is 44.1 Å². The Morgan fingerprint density at radius 1 is 1.03 bits per heavy atom. The molecule has 196 valence electrons. The third-order valence-corrected chi connectivity index (χ3v) is 7.94. The van der Waals surface area contributed by atoms with Gasteiger partial charge >= 0.3 is 0 Å². The first-order valence-electron chi connectivity index (χ1n) is 11.8. The summed E-state index contributed by atoms with van der Waals surface area (Å²) < 4.78 is 53.1. The minimum absolute atomic E-state index is 0.133. The molecule has 2 N–H and O–H groups in total. The lowest BCUT2D eigenvalue weighted by molar-refractivity contribution is 0.0922. The molecule has 0 saturated heterocycles. The molecule has 1 aliphatic carbocycles. The van der Waals surface area contributed by atoms with Crippen LogP contribution in [0.1, 0.15) is 41.6 Å². The van der Waals surface area contributed by atoms with Gasteiger partial charge in [0.25, 0.3) is 5.91 Å². The predicted octanol–water partition coefficient (Wildman–Crippen LogP) is 3.51. The summed E-state index contributed by atoms with van der Waals surface area (Å²) in [7, 11) is -0.516. The highest BCUT2D eigenvalue weighted by atomic mass is 32.2. The Morgan fingerprint density at radius 2 is 1.73 bits per heavy atom. The molecule has 0 spiro atoms. The van der Waals surface area contributed by atoms with Crippen LogP contribution in [-0.2, 0) is 9.84 Å². The molecule has 1 aliphatic rings. The van der Waals surface area contributed by atoms with E-state index in [9.17, 15) is 22.0 Å². The Kier molecular flexibility index (Phi) is 7.67. The summed E-state index contributed by atoms with van der Waals surface area (Å²) in [6, 6.07) is 5.00. The number of hydrogen-bond acceptors (Lipinski definition) is 8. The number of nitrogens with zero attached hydrogens (tertiary/aromatic N) is 4. The number of halogens is 2. The Labute approximate surface area is 214 Å². The van der Waals surface area contributed by atoms with E-state index in [1.54, 1.807) is 6.20 Å². The predicted molar refractivity (Wildman–Crippen MR) is 134 cm³/mol. The zero-order valence-electron chi connectivity index (χ0n) is 20.7. The van der Waals surface area contributed by atoms with E-state index in [1.807, 2.05) is 25.9 Å². The van der Waals surface area contributed by atoms with Gasteiger partial charge in [0.2, 0.25) is 15.8 Å². The van der Waals surface area contributed by atoms with Crippen LogP contribution >= 0.6 is 0 Å². The van der Waals surface area contributed by atoms with Gasteiger partial charge in [-0.3, -0.25) is 4.79 Å². The van der Waals surface area contributed by atoms with Crippen LogP contribution in [0.4, 0.5) is 20.5 Å². The van der Waals surface area contributed by atoms with E-state index >= 15 is 0 Å². The van der Waals surface area contributed by atoms with Crippen LogP contribution < -0.4 is 15.5 Å². The van der Waals surface area contributed by atoms with Crippen molar-refractivity contribution in [2.45, 2.75) is 54.6 Å². The van der Waals surface area contributed by atoms with E-state index in [4.69, 9.17) is 0 Å². The van der Waals surface area contributed by atoms with Crippen molar-refractivity contribution in [1.29, 1.82) is 0 Å². The van der Waals surface area contributed by atoms with Crippen LogP contribution in [0.3, 0.4) is 0 Å². The van der Waals surface area contributed by atoms with Gasteiger partial charge in [0.05, 0.1) is 10.5 Å². The number of aryl methyl sites for hydroxylation is 1. The first kappa shape index (κ1) is 26.4. The summed E-state index contributed by atoms with van der Waals surface area (Å²) >= 11 is 0. The SMILES string of the molecule is Cc1cnc(N[C@H]2CC[C@@H](NC(=O)c3cccnc3S(=O)(=O)c3ccc(F)c(F)c3)CC2)nc1N(C)C. The lowest BCUT2D eigenvalue weighted by Gasteiger charge is -2.30. The molecule has 2 heterocycles. The summed E-state index contributed by atoms with van der Waals surface area (Å²) in [5, 5.41) is 5.74. The van der Waals surface area contributed by atoms with E-state index in [2.05, 4.69) is 25.6 Å². The van der Waals surface area contributed by atoms with Gasteiger partial charge in [0.1, 0.15) is 5.82 Å². The van der Waals surface area contributed by atoms with Crippen LogP contribution in [0.25, 0.3) is 0 Å². The molecule has 3 aromatic rings. The molecule has 1 amide bonds. The summed E-state index contributed by atoms with van der Waals surface area (Å²) in [4.78, 5) is 27.3. The highest BCUT2D eigenvalue weighted by molar-refractivity contribution is 7.91. The zero-order valence-corrected chi connectivity index (χ0v) is 21.5. The van der Waals surface area contributed by atoms with Gasteiger partial charge in [-0.15, -0.1) is 0 Å². The van der Waals surface area contributed by atoms with Crippen molar-refractivity contribution in [3.05, 3.63) is 65.5 Å². The Hall–Kier alpha value is -3.67. The Morgan fingerprint density at radius 3 is 2.41 bits per heavy atom. The number of pyridine rings is 1. The topological polar surface area (TPSA) is 117 Å². The summed E-state index contributed by atoms with van der Waals surface area (Å²) in [5.74, 6) is -1.69. The highest BCUT2D eigenvalue weighted by Gasteiger charge is 2.29. The quantitative estimate of drug-likeness (QED) is 0.446. The number of anilines is 2. The molecule has 1 saturated carbocycles. The van der Waals surface area contributed by atoms with Crippen molar-refractivity contribution in [2.75, 3.05) is 24.3 Å². The summed E-state index contributed by atoms with van der Waals surface area (Å²) in [6.45, 7) is 1.95. The van der Waals surface area contributed by atoms with E-state index in [-0.39, 0.29) is 17.6 Å². The molecule has 1 fully saturated rings. The molecule has 0 radical (unpaired) electrons. The first-order chi connectivity index (χ1) is 17.6. The third kappa shape index (κ3) is 5.85. The van der Waals surface area contributed by atoms with Gasteiger partial charge in [-0.05, 0) is 62.9 Å². The lowest BCUT2D eigenvalue weighted by Crippen LogP contribution is -2.40.